The molecular formula is C15H6F22O6. The molecule has 0 aromatic rings. The van der Waals surface area contributed by atoms with E-state index in [-0.39, 0.29) is 0 Å². The van der Waals surface area contributed by atoms with E-state index in [9.17, 15) is 96.6 Å². The molecule has 0 radical (unpaired) electrons. The van der Waals surface area contributed by atoms with E-state index in [0.29, 0.717) is 0 Å². The number of hydrogen-bond acceptors (Lipinski definition) is 6. The monoisotopic (exact) mass is 700 g/mol. The number of methoxy groups -OCH3 is 1. The van der Waals surface area contributed by atoms with Gasteiger partial charge in [-0.25, -0.2) is 4.74 Å². The first-order valence-corrected chi connectivity index (χ1v) is 9.56. The molecule has 1 spiro atoms. The summed E-state index contributed by atoms with van der Waals surface area (Å²) in [5.41, 5.74) is -7.77. The van der Waals surface area contributed by atoms with Crippen LogP contribution in [-0.4, -0.2) is 79.7 Å². The second-order valence-corrected chi connectivity index (χ2v) is 8.19. The van der Waals surface area contributed by atoms with Crippen LogP contribution in [0.1, 0.15) is 6.92 Å². The molecule has 0 amide bonds. The summed E-state index contributed by atoms with van der Waals surface area (Å²) >= 11 is 0. The van der Waals surface area contributed by atoms with Gasteiger partial charge < -0.3 is 4.74 Å². The van der Waals surface area contributed by atoms with E-state index < -0.39 is 92.1 Å². The number of halogens is 22. The van der Waals surface area contributed by atoms with Crippen molar-refractivity contribution < 1.29 is 125 Å². The van der Waals surface area contributed by atoms with E-state index in [1.165, 1.54) is 4.74 Å². The Kier molecular flexibility index (Phi) is 7.96. The summed E-state index contributed by atoms with van der Waals surface area (Å²) in [5, 5.41) is 0. The fourth-order valence-electron chi connectivity index (χ4n) is 3.10. The third-order valence-corrected chi connectivity index (χ3v) is 5.29. The van der Waals surface area contributed by atoms with Crippen molar-refractivity contribution in [3.8, 4) is 0 Å². The second kappa shape index (κ2) is 9.15. The Hall–Kier alpha value is -1.78. The summed E-state index contributed by atoms with van der Waals surface area (Å²) in [7, 11) is -0.587. The molecule has 0 saturated carbocycles. The summed E-state index contributed by atoms with van der Waals surface area (Å²) in [5.74, 6) is -21.7. The van der Waals surface area contributed by atoms with Gasteiger partial charge in [-0.1, -0.05) is 0 Å². The van der Waals surface area contributed by atoms with Crippen LogP contribution < -0.4 is 0 Å². The molecule has 0 bridgehead atoms. The summed E-state index contributed by atoms with van der Waals surface area (Å²) in [6, 6.07) is -14.0. The standard InChI is InChI=1S/C15H6F22O6/c1-3(16,17)14(36)40-7(22,23)4(8(24,25)41-14)9(26,27)42-15(37,43-10(4,28)29)13(34,35)39-12(32,33)6(20,21)5(18,19)11(30,31)38-2/h1-2H3. The van der Waals surface area contributed by atoms with Crippen LogP contribution in [0.5, 0.6) is 0 Å². The first-order valence-electron chi connectivity index (χ1n) is 9.56. The number of alkyl halides is 22. The fourth-order valence-corrected chi connectivity index (χ4v) is 3.10. The molecule has 2 fully saturated rings. The van der Waals surface area contributed by atoms with Crippen LogP contribution in [0.4, 0.5) is 96.6 Å². The Bertz CT molecular complexity index is 1050. The molecule has 2 aliphatic rings. The molecule has 2 rings (SSSR count). The Morgan fingerprint density at radius 3 is 1.02 bits per heavy atom. The van der Waals surface area contributed by atoms with Crippen LogP contribution in [0.3, 0.4) is 0 Å². The number of ether oxygens (including phenoxy) is 6. The first-order chi connectivity index (χ1) is 18.3. The molecule has 0 aromatic carbocycles. The first kappa shape index (κ1) is 37.4. The predicted molar refractivity (Wildman–Crippen MR) is 77.7 cm³/mol. The van der Waals surface area contributed by atoms with Crippen LogP contribution in [0.2, 0.25) is 0 Å². The minimum absolute atomic E-state index is 0.587. The lowest BCUT2D eigenvalue weighted by Gasteiger charge is -2.58. The highest BCUT2D eigenvalue weighted by molar-refractivity contribution is 5.12. The zero-order valence-corrected chi connectivity index (χ0v) is 19.3. The quantitative estimate of drug-likeness (QED) is 0.253. The molecule has 6 nitrogen and oxygen atoms in total. The van der Waals surface area contributed by atoms with Crippen LogP contribution in [0.15, 0.2) is 0 Å². The van der Waals surface area contributed by atoms with Crippen molar-refractivity contribution in [1.82, 2.24) is 0 Å². The van der Waals surface area contributed by atoms with Crippen LogP contribution in [0.25, 0.3) is 0 Å². The van der Waals surface area contributed by atoms with E-state index in [2.05, 4.69) is 14.2 Å². The average Bonchev–Trinajstić information content (AvgIpc) is 2.67. The number of hydrogen-bond donors (Lipinski definition) is 0. The minimum atomic E-state index is -8.11. The van der Waals surface area contributed by atoms with Gasteiger partial charge in [0.05, 0.1) is 0 Å². The molecular weight excluding hydrogens is 694 g/mol. The van der Waals surface area contributed by atoms with Gasteiger partial charge in [0.1, 0.15) is 0 Å². The zero-order valence-electron chi connectivity index (χ0n) is 19.3. The summed E-state index contributed by atoms with van der Waals surface area (Å²) in [6.07, 6.45) is -54.1. The van der Waals surface area contributed by atoms with Crippen molar-refractivity contribution in [2.24, 2.45) is 5.41 Å². The van der Waals surface area contributed by atoms with Gasteiger partial charge in [0.15, 0.2) is 0 Å². The smallest absolute Gasteiger partial charge is 0.319 e. The molecule has 0 aromatic heterocycles. The molecule has 0 N–H and O–H groups in total. The molecule has 0 atom stereocenters. The highest BCUT2D eigenvalue weighted by Gasteiger charge is 3.02. The Balaban J connectivity index is 2.69. The van der Waals surface area contributed by atoms with Gasteiger partial charge in [0.2, 0.25) is 0 Å². The van der Waals surface area contributed by atoms with E-state index in [4.69, 9.17) is 0 Å². The number of rotatable bonds is 8. The van der Waals surface area contributed by atoms with Gasteiger partial charge in [-0.3, -0.25) is 18.9 Å². The van der Waals surface area contributed by atoms with Crippen molar-refractivity contribution in [1.29, 1.82) is 0 Å². The van der Waals surface area contributed by atoms with Gasteiger partial charge in [-0.05, 0) is 0 Å². The normalized spacial score (nSPS) is 33.5. The zero-order chi connectivity index (χ0) is 34.7. The lowest BCUT2D eigenvalue weighted by Crippen LogP contribution is -2.84. The highest BCUT2D eigenvalue weighted by atomic mass is 19.4. The third kappa shape index (κ3) is 4.67. The van der Waals surface area contributed by atoms with Crippen LogP contribution in [-0.2, 0) is 28.4 Å². The maximum atomic E-state index is 14.5. The van der Waals surface area contributed by atoms with Crippen molar-refractivity contribution in [2.75, 3.05) is 7.11 Å². The summed E-state index contributed by atoms with van der Waals surface area (Å²) in [4.78, 5) is 0. The van der Waals surface area contributed by atoms with Gasteiger partial charge in [0.25, 0.3) is 0 Å². The molecule has 0 unspecified atom stereocenters. The van der Waals surface area contributed by atoms with Crippen molar-refractivity contribution >= 4 is 0 Å². The maximum absolute atomic E-state index is 14.5. The van der Waals surface area contributed by atoms with Gasteiger partial charge >= 0.3 is 78.0 Å². The van der Waals surface area contributed by atoms with Gasteiger partial charge in [-0.15, -0.1) is 0 Å². The highest BCUT2D eigenvalue weighted by Crippen LogP contribution is 2.74. The van der Waals surface area contributed by atoms with Gasteiger partial charge in [0, 0.05) is 14.0 Å². The topological polar surface area (TPSA) is 55.4 Å². The SMILES string of the molecule is COC(F)(F)C(F)(F)C(F)(F)C(F)(F)OC(F)(F)C1(F)OC(F)(F)C2(C(F)(F)OC(F)(C(C)(F)F)OC2(F)F)C(F)(F)O1. The second-order valence-electron chi connectivity index (χ2n) is 8.19. The average molecular weight is 700 g/mol. The lowest BCUT2D eigenvalue weighted by molar-refractivity contribution is -0.709. The molecule has 2 heterocycles. The van der Waals surface area contributed by atoms with Crippen molar-refractivity contribution in [2.45, 2.75) is 79.5 Å². The molecule has 2 aliphatic heterocycles. The van der Waals surface area contributed by atoms with E-state index in [1.807, 2.05) is 9.47 Å². The fraction of sp³-hybridized carbons (Fsp3) is 1.00. The minimum Gasteiger partial charge on any atom is -0.319 e. The molecule has 43 heavy (non-hydrogen) atoms. The Morgan fingerprint density at radius 1 is 0.465 bits per heavy atom. The Labute approximate surface area is 218 Å². The van der Waals surface area contributed by atoms with Gasteiger partial charge in [-0.2, -0.15) is 96.6 Å². The van der Waals surface area contributed by atoms with Crippen molar-refractivity contribution in [3.05, 3.63) is 0 Å². The molecule has 0 aliphatic carbocycles. The van der Waals surface area contributed by atoms with Crippen molar-refractivity contribution in [3.63, 3.8) is 0 Å². The Morgan fingerprint density at radius 2 is 0.744 bits per heavy atom. The molecule has 2 saturated heterocycles. The van der Waals surface area contributed by atoms with E-state index >= 15 is 0 Å². The van der Waals surface area contributed by atoms with Crippen LogP contribution >= 0.6 is 0 Å². The molecule has 28 heteroatoms. The lowest BCUT2D eigenvalue weighted by atomic mass is 9.79. The summed E-state index contributed by atoms with van der Waals surface area (Å²) in [6.45, 7) is -0.978. The van der Waals surface area contributed by atoms with Crippen LogP contribution in [0, 0.1) is 5.41 Å². The summed E-state index contributed by atoms with van der Waals surface area (Å²) < 4.78 is 316. The largest absolute Gasteiger partial charge is 0.448 e. The third-order valence-electron chi connectivity index (χ3n) is 5.29. The van der Waals surface area contributed by atoms with E-state index in [0.717, 1.165) is 0 Å². The van der Waals surface area contributed by atoms with E-state index in [1.54, 1.807) is 0 Å². The molecule has 256 valence electrons. The maximum Gasteiger partial charge on any atom is 0.448 e. The predicted octanol–water partition coefficient (Wildman–Crippen LogP) is 7.05.